The predicted octanol–water partition coefficient (Wildman–Crippen LogP) is 1.26. The van der Waals surface area contributed by atoms with Gasteiger partial charge in [0.25, 0.3) is 0 Å². The van der Waals surface area contributed by atoms with Gasteiger partial charge < -0.3 is 16.2 Å². The number of aliphatic carboxylic acids is 1. The number of nitrogens with two attached hydrogens (primary N) is 1. The van der Waals surface area contributed by atoms with E-state index < -0.39 is 12.0 Å². The molecule has 0 aliphatic heterocycles. The molecule has 0 aromatic rings. The third-order valence-electron chi connectivity index (χ3n) is 3.78. The molecule has 0 radical (unpaired) electrons. The van der Waals surface area contributed by atoms with E-state index in [4.69, 9.17) is 10.8 Å². The topological polar surface area (TPSA) is 92.4 Å². The number of hydrogen-bond donors (Lipinski definition) is 3. The second-order valence-electron chi connectivity index (χ2n) is 5.17. The molecular formula is C13H24N2O3. The molecule has 0 aromatic carbocycles. The number of carbonyl (C=O) groups excluding carboxylic acids is 1. The Balaban J connectivity index is 2.25. The number of carboxylic acid groups (broad SMARTS) is 1. The van der Waals surface area contributed by atoms with Crippen LogP contribution in [0, 0.1) is 5.92 Å². The quantitative estimate of drug-likeness (QED) is 0.667. The first-order chi connectivity index (χ1) is 8.52. The van der Waals surface area contributed by atoms with Gasteiger partial charge in [-0.05, 0) is 38.0 Å². The van der Waals surface area contributed by atoms with Crippen LogP contribution in [-0.2, 0) is 9.59 Å². The molecule has 0 heterocycles. The summed E-state index contributed by atoms with van der Waals surface area (Å²) in [5.41, 5.74) is 5.66. The van der Waals surface area contributed by atoms with Crippen molar-refractivity contribution in [3.63, 3.8) is 0 Å². The maximum Gasteiger partial charge on any atom is 0.303 e. The van der Waals surface area contributed by atoms with Crippen molar-refractivity contribution in [3.8, 4) is 0 Å². The number of nitrogens with one attached hydrogen (secondary N) is 1. The minimum Gasteiger partial charge on any atom is -0.481 e. The zero-order valence-electron chi connectivity index (χ0n) is 11.0. The Morgan fingerprint density at radius 1 is 1.33 bits per heavy atom. The van der Waals surface area contributed by atoms with E-state index in [9.17, 15) is 9.59 Å². The van der Waals surface area contributed by atoms with Crippen LogP contribution in [0.25, 0.3) is 0 Å². The van der Waals surface area contributed by atoms with E-state index in [1.54, 1.807) is 0 Å². The van der Waals surface area contributed by atoms with E-state index >= 15 is 0 Å². The van der Waals surface area contributed by atoms with Crippen molar-refractivity contribution in [2.75, 3.05) is 0 Å². The van der Waals surface area contributed by atoms with Crippen LogP contribution in [0.1, 0.15) is 51.9 Å². The molecule has 18 heavy (non-hydrogen) atoms. The fraction of sp³-hybridized carbons (Fsp3) is 0.846. The third-order valence-corrected chi connectivity index (χ3v) is 3.78. The lowest BCUT2D eigenvalue weighted by Gasteiger charge is -2.29. The van der Waals surface area contributed by atoms with Gasteiger partial charge in [0.2, 0.25) is 5.91 Å². The van der Waals surface area contributed by atoms with Crippen LogP contribution < -0.4 is 11.1 Å². The van der Waals surface area contributed by atoms with Crippen LogP contribution >= 0.6 is 0 Å². The van der Waals surface area contributed by atoms with Crippen molar-refractivity contribution < 1.29 is 14.7 Å². The molecule has 1 rings (SSSR count). The van der Waals surface area contributed by atoms with Gasteiger partial charge in [-0.25, -0.2) is 0 Å². The second kappa shape index (κ2) is 7.36. The summed E-state index contributed by atoms with van der Waals surface area (Å²) in [6.07, 6.45) is 5.69. The molecular weight excluding hydrogens is 232 g/mol. The Morgan fingerprint density at radius 2 is 1.94 bits per heavy atom. The fourth-order valence-electron chi connectivity index (χ4n) is 2.43. The van der Waals surface area contributed by atoms with Gasteiger partial charge >= 0.3 is 5.97 Å². The molecule has 0 aromatic heterocycles. The van der Waals surface area contributed by atoms with Gasteiger partial charge in [0, 0.05) is 12.5 Å². The molecule has 0 spiro atoms. The molecule has 1 amide bonds. The Bertz CT molecular complexity index is 286. The largest absolute Gasteiger partial charge is 0.481 e. The summed E-state index contributed by atoms with van der Waals surface area (Å²) < 4.78 is 0. The first-order valence-electron chi connectivity index (χ1n) is 6.80. The molecule has 1 aliphatic carbocycles. The molecule has 1 atom stereocenters. The highest BCUT2D eigenvalue weighted by atomic mass is 16.4. The Labute approximate surface area is 108 Å². The van der Waals surface area contributed by atoms with Gasteiger partial charge in [-0.15, -0.1) is 0 Å². The normalized spacial score (nSPS) is 25.4. The molecule has 0 saturated heterocycles. The minimum atomic E-state index is -0.915. The summed E-state index contributed by atoms with van der Waals surface area (Å²) in [7, 11) is 0. The van der Waals surface area contributed by atoms with Gasteiger partial charge in [0.1, 0.15) is 0 Å². The number of amides is 1. The summed E-state index contributed by atoms with van der Waals surface area (Å²) in [5.74, 6) is -0.336. The average Bonchev–Trinajstić information content (AvgIpc) is 2.36. The van der Waals surface area contributed by atoms with Crippen molar-refractivity contribution in [1.82, 2.24) is 5.32 Å². The molecule has 4 N–H and O–H groups in total. The van der Waals surface area contributed by atoms with Crippen molar-refractivity contribution in [2.24, 2.45) is 11.7 Å². The maximum absolute atomic E-state index is 11.7. The van der Waals surface area contributed by atoms with Crippen LogP contribution in [-0.4, -0.2) is 29.1 Å². The average molecular weight is 256 g/mol. The lowest BCUT2D eigenvalue weighted by atomic mass is 9.84. The van der Waals surface area contributed by atoms with Gasteiger partial charge in [0.05, 0.1) is 6.04 Å². The summed E-state index contributed by atoms with van der Waals surface area (Å²) in [5, 5.41) is 11.5. The Hall–Kier alpha value is -1.10. The highest BCUT2D eigenvalue weighted by Gasteiger charge is 2.23. The second-order valence-corrected chi connectivity index (χ2v) is 5.17. The van der Waals surface area contributed by atoms with E-state index in [0.717, 1.165) is 31.6 Å². The van der Waals surface area contributed by atoms with Crippen molar-refractivity contribution in [3.05, 3.63) is 0 Å². The van der Waals surface area contributed by atoms with E-state index in [1.165, 1.54) is 6.42 Å². The van der Waals surface area contributed by atoms with Crippen molar-refractivity contribution in [2.45, 2.75) is 64.0 Å². The molecule has 5 nitrogen and oxygen atoms in total. The van der Waals surface area contributed by atoms with E-state index in [0.29, 0.717) is 0 Å². The van der Waals surface area contributed by atoms with Crippen molar-refractivity contribution in [1.29, 1.82) is 0 Å². The SMILES string of the molecule is CCC1CCC(NC(=O)C(N)CCC(=O)O)CC1. The zero-order chi connectivity index (χ0) is 13.5. The molecule has 1 unspecified atom stereocenters. The number of rotatable bonds is 6. The predicted molar refractivity (Wildman–Crippen MR) is 69.0 cm³/mol. The van der Waals surface area contributed by atoms with E-state index in [2.05, 4.69) is 12.2 Å². The van der Waals surface area contributed by atoms with Gasteiger partial charge in [-0.1, -0.05) is 13.3 Å². The highest BCUT2D eigenvalue weighted by Crippen LogP contribution is 2.26. The van der Waals surface area contributed by atoms with Crippen LogP contribution in [0.15, 0.2) is 0 Å². The molecule has 1 saturated carbocycles. The smallest absolute Gasteiger partial charge is 0.303 e. The van der Waals surface area contributed by atoms with Gasteiger partial charge in [-0.3, -0.25) is 9.59 Å². The fourth-order valence-corrected chi connectivity index (χ4v) is 2.43. The lowest BCUT2D eigenvalue weighted by Crippen LogP contribution is -2.46. The van der Waals surface area contributed by atoms with Gasteiger partial charge in [0.15, 0.2) is 0 Å². The molecule has 1 aliphatic rings. The van der Waals surface area contributed by atoms with Crippen molar-refractivity contribution >= 4 is 11.9 Å². The monoisotopic (exact) mass is 256 g/mol. The molecule has 0 bridgehead atoms. The van der Waals surface area contributed by atoms with E-state index in [-0.39, 0.29) is 24.8 Å². The first kappa shape index (κ1) is 15.0. The third kappa shape index (κ3) is 5.04. The molecule has 1 fully saturated rings. The summed E-state index contributed by atoms with van der Waals surface area (Å²) in [4.78, 5) is 22.1. The zero-order valence-corrected chi connectivity index (χ0v) is 11.0. The number of hydrogen-bond acceptors (Lipinski definition) is 3. The maximum atomic E-state index is 11.7. The Morgan fingerprint density at radius 3 is 2.44 bits per heavy atom. The van der Waals surface area contributed by atoms with Gasteiger partial charge in [-0.2, -0.15) is 0 Å². The minimum absolute atomic E-state index is 0.0584. The standard InChI is InChI=1S/C13H24N2O3/c1-2-9-3-5-10(6-4-9)15-13(18)11(14)7-8-12(16)17/h9-11H,2-8,14H2,1H3,(H,15,18)(H,16,17). The van der Waals surface area contributed by atoms with Crippen LogP contribution in [0.5, 0.6) is 0 Å². The molecule has 104 valence electrons. The summed E-state index contributed by atoms with van der Waals surface area (Å²) in [6.45, 7) is 2.20. The van der Waals surface area contributed by atoms with Crippen LogP contribution in [0.3, 0.4) is 0 Å². The van der Waals surface area contributed by atoms with E-state index in [1.807, 2.05) is 0 Å². The highest BCUT2D eigenvalue weighted by molar-refractivity contribution is 5.82. The van der Waals surface area contributed by atoms with Crippen LogP contribution in [0.4, 0.5) is 0 Å². The number of carbonyl (C=O) groups is 2. The van der Waals surface area contributed by atoms with Crippen LogP contribution in [0.2, 0.25) is 0 Å². The Kier molecular flexibility index (Phi) is 6.12. The summed E-state index contributed by atoms with van der Waals surface area (Å²) >= 11 is 0. The molecule has 5 heteroatoms. The first-order valence-corrected chi connectivity index (χ1v) is 6.80. The lowest BCUT2D eigenvalue weighted by molar-refractivity contribution is -0.137. The number of carboxylic acids is 1. The summed E-state index contributed by atoms with van der Waals surface area (Å²) in [6, 6.07) is -0.485.